The Hall–Kier alpha value is -1.06. The van der Waals surface area contributed by atoms with Crippen LogP contribution in [0.2, 0.25) is 5.02 Å². The molecular weight excluding hydrogens is 202 g/mol. The smallest absolute Gasteiger partial charge is 0.223 e. The van der Waals surface area contributed by atoms with Gasteiger partial charge in [-0.25, -0.2) is 0 Å². The van der Waals surface area contributed by atoms with Crippen molar-refractivity contribution in [3.05, 3.63) is 34.9 Å². The first-order valence-corrected chi connectivity index (χ1v) is 4.63. The van der Waals surface area contributed by atoms with E-state index in [2.05, 4.69) is 0 Å². The Balaban J connectivity index is 2.84. The van der Waals surface area contributed by atoms with Crippen LogP contribution in [0.1, 0.15) is 18.6 Å². The van der Waals surface area contributed by atoms with E-state index < -0.39 is 17.9 Å². The van der Waals surface area contributed by atoms with Gasteiger partial charge >= 0.3 is 0 Å². The van der Waals surface area contributed by atoms with Crippen LogP contribution in [0.25, 0.3) is 0 Å². The van der Waals surface area contributed by atoms with Gasteiger partial charge in [0, 0.05) is 5.02 Å². The molecule has 1 rings (SSSR count). The molecule has 0 heterocycles. The zero-order valence-corrected chi connectivity index (χ0v) is 8.53. The highest BCUT2D eigenvalue weighted by atomic mass is 35.5. The van der Waals surface area contributed by atoms with Gasteiger partial charge in [-0.2, -0.15) is 0 Å². The van der Waals surface area contributed by atoms with E-state index in [0.717, 1.165) is 0 Å². The molecule has 14 heavy (non-hydrogen) atoms. The maximum Gasteiger partial charge on any atom is 0.223 e. The zero-order chi connectivity index (χ0) is 10.7. The lowest BCUT2D eigenvalue weighted by Gasteiger charge is -2.15. The first-order chi connectivity index (χ1) is 6.52. The van der Waals surface area contributed by atoms with Crippen LogP contribution in [0, 0.1) is 5.92 Å². The highest BCUT2D eigenvalue weighted by Crippen LogP contribution is 2.22. The fourth-order valence-electron chi connectivity index (χ4n) is 1.10. The Bertz CT molecular complexity index is 323. The normalized spacial score (nSPS) is 14.8. The SMILES string of the molecule is C[C@H](C(N)=O)[C@H](O)c1ccc(Cl)cc1. The van der Waals surface area contributed by atoms with Gasteiger partial charge in [-0.3, -0.25) is 4.79 Å². The second-order valence-corrected chi connectivity index (χ2v) is 3.62. The van der Waals surface area contributed by atoms with Crippen LogP contribution in [-0.4, -0.2) is 11.0 Å². The minimum atomic E-state index is -0.871. The number of hydrogen-bond acceptors (Lipinski definition) is 2. The van der Waals surface area contributed by atoms with Gasteiger partial charge in [-0.15, -0.1) is 0 Å². The van der Waals surface area contributed by atoms with Crippen molar-refractivity contribution in [2.75, 3.05) is 0 Å². The molecule has 1 amide bonds. The summed E-state index contributed by atoms with van der Waals surface area (Å²) in [4.78, 5) is 10.8. The quantitative estimate of drug-likeness (QED) is 0.799. The van der Waals surface area contributed by atoms with Gasteiger partial charge in [-0.1, -0.05) is 30.7 Å². The molecule has 0 aliphatic carbocycles. The molecule has 0 fully saturated rings. The van der Waals surface area contributed by atoms with Crippen molar-refractivity contribution in [2.45, 2.75) is 13.0 Å². The predicted molar refractivity (Wildman–Crippen MR) is 54.8 cm³/mol. The van der Waals surface area contributed by atoms with Crippen LogP contribution < -0.4 is 5.73 Å². The largest absolute Gasteiger partial charge is 0.388 e. The Kier molecular flexibility index (Phi) is 3.49. The van der Waals surface area contributed by atoms with Gasteiger partial charge in [0.05, 0.1) is 12.0 Å². The average molecular weight is 214 g/mol. The lowest BCUT2D eigenvalue weighted by Crippen LogP contribution is -2.26. The van der Waals surface area contributed by atoms with Crippen molar-refractivity contribution in [3.63, 3.8) is 0 Å². The molecule has 0 aromatic heterocycles. The summed E-state index contributed by atoms with van der Waals surface area (Å²) in [7, 11) is 0. The molecular formula is C10H12ClNO2. The number of halogens is 1. The third kappa shape index (κ3) is 2.47. The Morgan fingerprint density at radius 3 is 2.36 bits per heavy atom. The van der Waals surface area contributed by atoms with Crippen LogP contribution in [0.4, 0.5) is 0 Å². The van der Waals surface area contributed by atoms with Crippen molar-refractivity contribution < 1.29 is 9.90 Å². The number of carbonyl (C=O) groups is 1. The van der Waals surface area contributed by atoms with Crippen LogP contribution in [0.5, 0.6) is 0 Å². The number of aliphatic hydroxyl groups excluding tert-OH is 1. The number of hydrogen-bond donors (Lipinski definition) is 2. The summed E-state index contributed by atoms with van der Waals surface area (Å²) in [6.07, 6.45) is -0.871. The van der Waals surface area contributed by atoms with Gasteiger partial charge in [0.2, 0.25) is 5.91 Å². The lowest BCUT2D eigenvalue weighted by atomic mass is 9.97. The van der Waals surface area contributed by atoms with Crippen molar-refractivity contribution >= 4 is 17.5 Å². The van der Waals surface area contributed by atoms with Crippen molar-refractivity contribution in [3.8, 4) is 0 Å². The number of carbonyl (C=O) groups excluding carboxylic acids is 1. The second kappa shape index (κ2) is 4.44. The van der Waals surface area contributed by atoms with E-state index in [-0.39, 0.29) is 0 Å². The summed E-state index contributed by atoms with van der Waals surface area (Å²) in [5.74, 6) is -1.12. The first-order valence-electron chi connectivity index (χ1n) is 4.25. The van der Waals surface area contributed by atoms with Gasteiger partial charge in [0.25, 0.3) is 0 Å². The summed E-state index contributed by atoms with van der Waals surface area (Å²) in [5.41, 5.74) is 5.72. The number of benzene rings is 1. The summed E-state index contributed by atoms with van der Waals surface area (Å²) in [6.45, 7) is 1.58. The standard InChI is InChI=1S/C10H12ClNO2/c1-6(10(12)14)9(13)7-2-4-8(11)5-3-7/h2-6,9,13H,1H3,(H2,12,14)/t6-,9-/m0/s1. The molecule has 0 saturated heterocycles. The van der Waals surface area contributed by atoms with Crippen molar-refractivity contribution in [1.29, 1.82) is 0 Å². The average Bonchev–Trinajstić information content (AvgIpc) is 2.16. The van der Waals surface area contributed by atoms with E-state index in [1.165, 1.54) is 0 Å². The molecule has 0 aliphatic rings. The summed E-state index contributed by atoms with van der Waals surface area (Å²) < 4.78 is 0. The third-order valence-electron chi connectivity index (χ3n) is 2.13. The monoisotopic (exact) mass is 213 g/mol. The predicted octanol–water partition coefficient (Wildman–Crippen LogP) is 1.49. The molecule has 0 radical (unpaired) electrons. The maximum atomic E-state index is 10.8. The molecule has 3 N–H and O–H groups in total. The van der Waals surface area contributed by atoms with Crippen LogP contribution in [-0.2, 0) is 4.79 Å². The molecule has 0 spiro atoms. The number of nitrogens with two attached hydrogens (primary N) is 1. The molecule has 1 aromatic carbocycles. The van der Waals surface area contributed by atoms with E-state index >= 15 is 0 Å². The molecule has 3 nitrogen and oxygen atoms in total. The molecule has 0 unspecified atom stereocenters. The Morgan fingerprint density at radius 2 is 1.93 bits per heavy atom. The number of rotatable bonds is 3. The van der Waals surface area contributed by atoms with Crippen molar-refractivity contribution in [2.24, 2.45) is 11.7 Å². The topological polar surface area (TPSA) is 63.3 Å². The van der Waals surface area contributed by atoms with E-state index in [9.17, 15) is 9.90 Å². The molecule has 0 aliphatic heterocycles. The van der Waals surface area contributed by atoms with E-state index in [1.807, 2.05) is 0 Å². The fourth-order valence-corrected chi connectivity index (χ4v) is 1.23. The number of amides is 1. The summed E-state index contributed by atoms with van der Waals surface area (Å²) in [6, 6.07) is 6.67. The Morgan fingerprint density at radius 1 is 1.43 bits per heavy atom. The minimum Gasteiger partial charge on any atom is -0.388 e. The summed E-state index contributed by atoms with van der Waals surface area (Å²) in [5, 5.41) is 10.3. The molecule has 1 aromatic rings. The number of primary amides is 1. The third-order valence-corrected chi connectivity index (χ3v) is 2.39. The lowest BCUT2D eigenvalue weighted by molar-refractivity contribution is -0.124. The van der Waals surface area contributed by atoms with Gasteiger partial charge in [0.15, 0.2) is 0 Å². The van der Waals surface area contributed by atoms with Crippen molar-refractivity contribution in [1.82, 2.24) is 0 Å². The van der Waals surface area contributed by atoms with Crippen LogP contribution >= 0.6 is 11.6 Å². The number of aliphatic hydroxyl groups is 1. The van der Waals surface area contributed by atoms with Gasteiger partial charge in [0.1, 0.15) is 0 Å². The van der Waals surface area contributed by atoms with Gasteiger partial charge < -0.3 is 10.8 Å². The van der Waals surface area contributed by atoms with Gasteiger partial charge in [-0.05, 0) is 17.7 Å². The van der Waals surface area contributed by atoms with Crippen LogP contribution in [0.15, 0.2) is 24.3 Å². The van der Waals surface area contributed by atoms with E-state index in [4.69, 9.17) is 17.3 Å². The molecule has 0 saturated carbocycles. The van der Waals surface area contributed by atoms with E-state index in [1.54, 1.807) is 31.2 Å². The molecule has 0 bridgehead atoms. The molecule has 4 heteroatoms. The summed E-state index contributed by atoms with van der Waals surface area (Å²) >= 11 is 5.69. The highest BCUT2D eigenvalue weighted by Gasteiger charge is 2.20. The second-order valence-electron chi connectivity index (χ2n) is 3.19. The van der Waals surface area contributed by atoms with E-state index in [0.29, 0.717) is 10.6 Å². The first kappa shape index (κ1) is 11.0. The van der Waals surface area contributed by atoms with Crippen LogP contribution in [0.3, 0.4) is 0 Å². The molecule has 76 valence electrons. The maximum absolute atomic E-state index is 10.8. The Labute approximate surface area is 87.5 Å². The fraction of sp³-hybridized carbons (Fsp3) is 0.300. The highest BCUT2D eigenvalue weighted by molar-refractivity contribution is 6.30. The minimum absolute atomic E-state index is 0.521. The molecule has 2 atom stereocenters. The zero-order valence-electron chi connectivity index (χ0n) is 7.77.